The molecule has 0 radical (unpaired) electrons. The maximum absolute atomic E-state index is 11.3. The van der Waals surface area contributed by atoms with Crippen LogP contribution in [0.4, 0.5) is 4.79 Å². The van der Waals surface area contributed by atoms with Gasteiger partial charge in [0.05, 0.1) is 0 Å². The van der Waals surface area contributed by atoms with Crippen molar-refractivity contribution in [2.45, 2.75) is 45.1 Å². The number of carbonyl (C=O) groups is 2. The lowest BCUT2D eigenvalue weighted by atomic mass is 9.96. The Morgan fingerprint density at radius 3 is 2.50 bits per heavy atom. The van der Waals surface area contributed by atoms with Crippen molar-refractivity contribution in [2.75, 3.05) is 0 Å². The number of carboxylic acids is 1. The molecule has 0 saturated heterocycles. The van der Waals surface area contributed by atoms with Crippen molar-refractivity contribution in [3.05, 3.63) is 11.8 Å². The highest BCUT2D eigenvalue weighted by Gasteiger charge is 2.13. The Morgan fingerprint density at radius 1 is 1.31 bits per heavy atom. The van der Waals surface area contributed by atoms with Gasteiger partial charge >= 0.3 is 12.0 Å². The second-order valence-corrected chi connectivity index (χ2v) is 4.04. The summed E-state index contributed by atoms with van der Waals surface area (Å²) in [6.45, 7) is 1.43. The first kappa shape index (κ1) is 12.5. The van der Waals surface area contributed by atoms with Gasteiger partial charge < -0.3 is 15.7 Å². The molecule has 1 rings (SSSR count). The Bertz CT molecular complexity index is 292. The van der Waals surface area contributed by atoms with Crippen molar-refractivity contribution in [1.82, 2.24) is 10.6 Å². The number of carboxylic acid groups (broad SMARTS) is 1. The molecule has 0 aliphatic heterocycles. The first-order valence-corrected chi connectivity index (χ1v) is 5.57. The molecule has 0 aromatic carbocycles. The summed E-state index contributed by atoms with van der Waals surface area (Å²) < 4.78 is 0. The van der Waals surface area contributed by atoms with Crippen LogP contribution >= 0.6 is 0 Å². The van der Waals surface area contributed by atoms with E-state index in [1.165, 1.54) is 31.8 Å². The molecule has 3 N–H and O–H groups in total. The van der Waals surface area contributed by atoms with E-state index in [1.54, 1.807) is 6.20 Å². The summed E-state index contributed by atoms with van der Waals surface area (Å²) in [7, 11) is 0. The third-order valence-corrected chi connectivity index (χ3v) is 2.62. The van der Waals surface area contributed by atoms with Crippen LogP contribution in [0.25, 0.3) is 0 Å². The third-order valence-electron chi connectivity index (χ3n) is 2.62. The minimum absolute atomic E-state index is 0.465. The number of amides is 2. The Kier molecular flexibility index (Phi) is 4.82. The predicted molar refractivity (Wildman–Crippen MR) is 59.9 cm³/mol. The second kappa shape index (κ2) is 6.15. The number of carbonyl (C=O) groups excluding carboxylic acids is 1. The standard InChI is InChI=1S/C11H18N2O3/c1-8(10(14)15)13-11(16)12-7-9-5-3-2-4-6-9/h7-8H,2-6H2,1H3,(H,14,15)(H2,12,13,16). The summed E-state index contributed by atoms with van der Waals surface area (Å²) in [6.07, 6.45) is 7.33. The van der Waals surface area contributed by atoms with Crippen molar-refractivity contribution in [2.24, 2.45) is 0 Å². The summed E-state index contributed by atoms with van der Waals surface area (Å²) >= 11 is 0. The molecule has 2 amide bonds. The molecule has 1 fully saturated rings. The highest BCUT2D eigenvalue weighted by Crippen LogP contribution is 2.21. The molecule has 1 atom stereocenters. The van der Waals surface area contributed by atoms with Crippen molar-refractivity contribution < 1.29 is 14.7 Å². The van der Waals surface area contributed by atoms with Crippen LogP contribution in [0.5, 0.6) is 0 Å². The molecule has 1 aliphatic rings. The van der Waals surface area contributed by atoms with Gasteiger partial charge in [0.15, 0.2) is 0 Å². The van der Waals surface area contributed by atoms with Crippen LogP contribution in [0, 0.1) is 0 Å². The van der Waals surface area contributed by atoms with Gasteiger partial charge in [-0.15, -0.1) is 0 Å². The Labute approximate surface area is 94.9 Å². The SMILES string of the molecule is CC(NC(=O)NC=C1CCCCC1)C(=O)O. The van der Waals surface area contributed by atoms with E-state index in [0.717, 1.165) is 12.8 Å². The highest BCUT2D eigenvalue weighted by molar-refractivity contribution is 5.82. The molecule has 0 spiro atoms. The van der Waals surface area contributed by atoms with E-state index in [2.05, 4.69) is 10.6 Å². The zero-order chi connectivity index (χ0) is 12.0. The monoisotopic (exact) mass is 226 g/mol. The van der Waals surface area contributed by atoms with Gasteiger partial charge in [-0.3, -0.25) is 4.79 Å². The molecule has 16 heavy (non-hydrogen) atoms. The van der Waals surface area contributed by atoms with Crippen LogP contribution in [0.2, 0.25) is 0 Å². The molecule has 1 aliphatic carbocycles. The average Bonchev–Trinajstić information content (AvgIpc) is 2.27. The predicted octanol–water partition coefficient (Wildman–Crippen LogP) is 1.61. The second-order valence-electron chi connectivity index (χ2n) is 4.04. The van der Waals surface area contributed by atoms with Crippen molar-refractivity contribution >= 4 is 12.0 Å². The van der Waals surface area contributed by atoms with E-state index in [4.69, 9.17) is 5.11 Å². The number of allylic oxidation sites excluding steroid dienone is 1. The van der Waals surface area contributed by atoms with Crippen molar-refractivity contribution in [3.8, 4) is 0 Å². The zero-order valence-electron chi connectivity index (χ0n) is 9.45. The first-order valence-electron chi connectivity index (χ1n) is 5.57. The molecule has 0 aromatic heterocycles. The summed E-state index contributed by atoms with van der Waals surface area (Å²) in [4.78, 5) is 21.8. The minimum atomic E-state index is -1.04. The fourth-order valence-corrected chi connectivity index (χ4v) is 1.62. The van der Waals surface area contributed by atoms with Gasteiger partial charge in [-0.2, -0.15) is 0 Å². The highest BCUT2D eigenvalue weighted by atomic mass is 16.4. The van der Waals surface area contributed by atoms with Crippen LogP contribution in [-0.2, 0) is 4.79 Å². The van der Waals surface area contributed by atoms with Crippen LogP contribution in [0.1, 0.15) is 39.0 Å². The van der Waals surface area contributed by atoms with Crippen LogP contribution in [-0.4, -0.2) is 23.1 Å². The maximum Gasteiger partial charge on any atom is 0.325 e. The maximum atomic E-state index is 11.3. The van der Waals surface area contributed by atoms with E-state index in [0.29, 0.717) is 0 Å². The van der Waals surface area contributed by atoms with Gasteiger partial charge in [-0.1, -0.05) is 12.0 Å². The lowest BCUT2D eigenvalue weighted by Gasteiger charge is -2.14. The van der Waals surface area contributed by atoms with E-state index in [-0.39, 0.29) is 0 Å². The normalized spacial score (nSPS) is 17.4. The fourth-order valence-electron chi connectivity index (χ4n) is 1.62. The van der Waals surface area contributed by atoms with Gasteiger partial charge in [-0.05, 0) is 32.6 Å². The Balaban J connectivity index is 2.31. The number of aliphatic carboxylic acids is 1. The smallest absolute Gasteiger partial charge is 0.325 e. The fraction of sp³-hybridized carbons (Fsp3) is 0.636. The summed E-state index contributed by atoms with van der Waals surface area (Å²) in [5.41, 5.74) is 1.23. The van der Waals surface area contributed by atoms with E-state index < -0.39 is 18.0 Å². The first-order chi connectivity index (χ1) is 7.59. The number of nitrogens with one attached hydrogen (secondary N) is 2. The molecule has 0 aromatic rings. The topological polar surface area (TPSA) is 78.4 Å². The molecule has 5 nitrogen and oxygen atoms in total. The summed E-state index contributed by atoms with van der Waals surface area (Å²) in [5, 5.41) is 13.5. The average molecular weight is 226 g/mol. The molecule has 1 unspecified atom stereocenters. The van der Waals surface area contributed by atoms with Crippen molar-refractivity contribution in [3.63, 3.8) is 0 Å². The molecule has 90 valence electrons. The Morgan fingerprint density at radius 2 is 1.94 bits per heavy atom. The van der Waals surface area contributed by atoms with Crippen LogP contribution in [0.3, 0.4) is 0 Å². The number of hydrogen-bond acceptors (Lipinski definition) is 2. The molecule has 0 heterocycles. The van der Waals surface area contributed by atoms with E-state index in [9.17, 15) is 9.59 Å². The number of urea groups is 1. The van der Waals surface area contributed by atoms with Crippen LogP contribution in [0.15, 0.2) is 11.8 Å². The molecule has 0 bridgehead atoms. The minimum Gasteiger partial charge on any atom is -0.480 e. The van der Waals surface area contributed by atoms with Gasteiger partial charge in [0, 0.05) is 6.20 Å². The van der Waals surface area contributed by atoms with Crippen LogP contribution < -0.4 is 10.6 Å². The quantitative estimate of drug-likeness (QED) is 0.684. The Hall–Kier alpha value is -1.52. The van der Waals surface area contributed by atoms with Gasteiger partial charge in [0.2, 0.25) is 0 Å². The number of rotatable bonds is 3. The third kappa shape index (κ3) is 4.33. The van der Waals surface area contributed by atoms with Crippen molar-refractivity contribution in [1.29, 1.82) is 0 Å². The van der Waals surface area contributed by atoms with Gasteiger partial charge in [-0.25, -0.2) is 4.79 Å². The van der Waals surface area contributed by atoms with E-state index in [1.807, 2.05) is 0 Å². The van der Waals surface area contributed by atoms with E-state index >= 15 is 0 Å². The van der Waals surface area contributed by atoms with Gasteiger partial charge in [0.25, 0.3) is 0 Å². The molecule has 5 heteroatoms. The molecular formula is C11H18N2O3. The summed E-state index contributed by atoms with van der Waals surface area (Å²) in [5.74, 6) is -1.04. The lowest BCUT2D eigenvalue weighted by Crippen LogP contribution is -2.42. The number of hydrogen-bond donors (Lipinski definition) is 3. The zero-order valence-corrected chi connectivity index (χ0v) is 9.45. The summed E-state index contributed by atoms with van der Waals surface area (Å²) in [6, 6.07) is -1.34. The lowest BCUT2D eigenvalue weighted by molar-refractivity contribution is -0.138. The molecular weight excluding hydrogens is 208 g/mol. The molecule has 1 saturated carbocycles. The van der Waals surface area contributed by atoms with Gasteiger partial charge in [0.1, 0.15) is 6.04 Å². The largest absolute Gasteiger partial charge is 0.480 e.